The van der Waals surface area contributed by atoms with E-state index in [0.717, 1.165) is 60.4 Å². The van der Waals surface area contributed by atoms with Crippen LogP contribution in [0.4, 0.5) is 28.8 Å². The highest BCUT2D eigenvalue weighted by atomic mass is 35.5. The van der Waals surface area contributed by atoms with Gasteiger partial charge in [-0.2, -0.15) is 4.98 Å². The van der Waals surface area contributed by atoms with Crippen molar-refractivity contribution in [1.82, 2.24) is 19.9 Å². The summed E-state index contributed by atoms with van der Waals surface area (Å²) in [7, 11) is 0. The molecule has 0 saturated carbocycles. The molecule has 34 heavy (non-hydrogen) atoms. The van der Waals surface area contributed by atoms with E-state index in [-0.39, 0.29) is 0 Å². The number of aromatic nitrogens is 3. The molecule has 5 rings (SSSR count). The molecule has 0 amide bonds. The lowest BCUT2D eigenvalue weighted by Gasteiger charge is -2.36. The van der Waals surface area contributed by atoms with Gasteiger partial charge >= 0.3 is 5.76 Å². The first kappa shape index (κ1) is 22.2. The highest BCUT2D eigenvalue weighted by Crippen LogP contribution is 2.31. The zero-order valence-corrected chi connectivity index (χ0v) is 19.8. The number of nitrogens with zero attached hydrogens (tertiary/aromatic N) is 4. The first-order valence-corrected chi connectivity index (χ1v) is 11.6. The molecule has 0 aliphatic carbocycles. The number of halogens is 1. The van der Waals surface area contributed by atoms with E-state index in [9.17, 15) is 4.79 Å². The predicted octanol–water partition coefficient (Wildman–Crippen LogP) is 4.50. The summed E-state index contributed by atoms with van der Waals surface area (Å²) in [6.07, 6.45) is 1.76. The lowest BCUT2D eigenvalue weighted by molar-refractivity contribution is 0.271. The number of aromatic amines is 1. The Balaban J connectivity index is 1.34. The molecule has 3 N–H and O–H groups in total. The topological polar surface area (TPSA) is 102 Å². The van der Waals surface area contributed by atoms with E-state index in [1.165, 1.54) is 0 Å². The molecule has 2 aromatic heterocycles. The van der Waals surface area contributed by atoms with Crippen molar-refractivity contribution in [3.8, 4) is 0 Å². The second-order valence-corrected chi connectivity index (χ2v) is 8.70. The third-order valence-electron chi connectivity index (χ3n) is 6.02. The van der Waals surface area contributed by atoms with Crippen LogP contribution in [0.15, 0.2) is 51.8 Å². The molecule has 10 heteroatoms. The van der Waals surface area contributed by atoms with Gasteiger partial charge in [0, 0.05) is 49.3 Å². The van der Waals surface area contributed by atoms with E-state index in [4.69, 9.17) is 16.0 Å². The summed E-state index contributed by atoms with van der Waals surface area (Å²) in [5.41, 5.74) is 4.66. The fourth-order valence-corrected chi connectivity index (χ4v) is 4.30. The van der Waals surface area contributed by atoms with Gasteiger partial charge in [-0.25, -0.2) is 9.78 Å². The highest BCUT2D eigenvalue weighted by molar-refractivity contribution is 6.33. The van der Waals surface area contributed by atoms with E-state index in [1.54, 1.807) is 18.3 Å². The Hall–Kier alpha value is -3.56. The first-order valence-electron chi connectivity index (χ1n) is 11.3. The monoisotopic (exact) mass is 479 g/mol. The van der Waals surface area contributed by atoms with Crippen LogP contribution in [0.3, 0.4) is 0 Å². The molecule has 0 radical (unpaired) electrons. The van der Waals surface area contributed by atoms with Crippen molar-refractivity contribution in [2.75, 3.05) is 48.3 Å². The molecule has 1 aliphatic rings. The van der Waals surface area contributed by atoms with Gasteiger partial charge < -0.3 is 24.9 Å². The number of hydrogen-bond acceptors (Lipinski definition) is 8. The molecule has 1 fully saturated rings. The normalized spacial score (nSPS) is 14.5. The number of nitrogens with one attached hydrogen (secondary N) is 3. The smallest absolute Gasteiger partial charge is 0.408 e. The van der Waals surface area contributed by atoms with E-state index < -0.39 is 5.76 Å². The Morgan fingerprint density at radius 3 is 2.65 bits per heavy atom. The van der Waals surface area contributed by atoms with Crippen LogP contribution in [0.1, 0.15) is 12.5 Å². The zero-order chi connectivity index (χ0) is 23.7. The summed E-state index contributed by atoms with van der Waals surface area (Å²) in [5.74, 6) is 0.647. The van der Waals surface area contributed by atoms with Crippen LogP contribution in [0, 0.1) is 6.92 Å². The van der Waals surface area contributed by atoms with Gasteiger partial charge in [0.05, 0.1) is 16.2 Å². The standard InChI is InChI=1S/C24H26ClN7O2/c1-3-31-8-10-32(11-9-31)20-13-17(4-6-18(20)25)28-23-26-14-15(2)22(30-23)27-16-5-7-21-19(12-16)29-24(33)34-21/h4-7,12-14H,3,8-11H2,1-2H3,(H,29,33)(H2,26,27,28,30). The third kappa shape index (κ3) is 4.71. The van der Waals surface area contributed by atoms with Crippen molar-refractivity contribution < 1.29 is 4.42 Å². The maximum atomic E-state index is 11.4. The van der Waals surface area contributed by atoms with Gasteiger partial charge in [-0.1, -0.05) is 18.5 Å². The first-order chi connectivity index (χ1) is 16.5. The largest absolute Gasteiger partial charge is 0.417 e. The summed E-state index contributed by atoms with van der Waals surface area (Å²) in [5, 5.41) is 7.32. The summed E-state index contributed by atoms with van der Waals surface area (Å²) in [6.45, 7) is 9.13. The van der Waals surface area contributed by atoms with Crippen molar-refractivity contribution in [3.05, 3.63) is 63.7 Å². The number of anilines is 5. The number of hydrogen-bond donors (Lipinski definition) is 3. The Kier molecular flexibility index (Phi) is 6.12. The average Bonchev–Trinajstić information content (AvgIpc) is 3.22. The van der Waals surface area contributed by atoms with E-state index in [1.807, 2.05) is 31.2 Å². The Bertz CT molecular complexity index is 1380. The zero-order valence-electron chi connectivity index (χ0n) is 19.1. The van der Waals surface area contributed by atoms with Crippen LogP contribution >= 0.6 is 11.6 Å². The second kappa shape index (κ2) is 9.36. The quantitative estimate of drug-likeness (QED) is 0.371. The number of likely N-dealkylation sites (N-methyl/N-ethyl adjacent to an activating group) is 1. The Labute approximate surface area is 201 Å². The van der Waals surface area contributed by atoms with E-state index in [2.05, 4.69) is 42.3 Å². The van der Waals surface area contributed by atoms with Gasteiger partial charge in [0.15, 0.2) is 5.58 Å². The van der Waals surface area contributed by atoms with E-state index in [0.29, 0.717) is 22.9 Å². The van der Waals surface area contributed by atoms with Gasteiger partial charge in [-0.3, -0.25) is 4.98 Å². The molecule has 9 nitrogen and oxygen atoms in total. The van der Waals surface area contributed by atoms with Gasteiger partial charge in [-0.05, 0) is 49.9 Å². The van der Waals surface area contributed by atoms with Crippen LogP contribution in [0.2, 0.25) is 5.02 Å². The van der Waals surface area contributed by atoms with Crippen LogP contribution < -0.4 is 21.3 Å². The molecular formula is C24H26ClN7O2. The molecule has 0 bridgehead atoms. The van der Waals surface area contributed by atoms with Crippen molar-refractivity contribution in [2.24, 2.45) is 0 Å². The minimum Gasteiger partial charge on any atom is -0.408 e. The molecule has 176 valence electrons. The van der Waals surface area contributed by atoms with Gasteiger partial charge in [0.2, 0.25) is 5.95 Å². The van der Waals surface area contributed by atoms with Crippen molar-refractivity contribution in [3.63, 3.8) is 0 Å². The number of H-pyrrole nitrogens is 1. The Morgan fingerprint density at radius 2 is 1.85 bits per heavy atom. The molecule has 0 spiro atoms. The number of rotatable bonds is 6. The van der Waals surface area contributed by atoms with Crippen molar-refractivity contribution in [2.45, 2.75) is 13.8 Å². The van der Waals surface area contributed by atoms with E-state index >= 15 is 0 Å². The number of benzene rings is 2. The van der Waals surface area contributed by atoms with Crippen molar-refractivity contribution in [1.29, 1.82) is 0 Å². The summed E-state index contributed by atoms with van der Waals surface area (Å²) in [6, 6.07) is 11.2. The highest BCUT2D eigenvalue weighted by Gasteiger charge is 2.18. The molecule has 1 saturated heterocycles. The number of piperazine rings is 1. The number of fused-ring (bicyclic) bond motifs is 1. The maximum absolute atomic E-state index is 11.4. The van der Waals surface area contributed by atoms with Crippen LogP contribution in [0.5, 0.6) is 0 Å². The maximum Gasteiger partial charge on any atom is 0.417 e. The van der Waals surface area contributed by atoms with Gasteiger partial charge in [0.1, 0.15) is 5.82 Å². The lowest BCUT2D eigenvalue weighted by Crippen LogP contribution is -2.46. The minimum absolute atomic E-state index is 0.468. The molecule has 2 aromatic carbocycles. The number of aryl methyl sites for hydroxylation is 1. The second-order valence-electron chi connectivity index (χ2n) is 8.29. The SMILES string of the molecule is CCN1CCN(c2cc(Nc3ncc(C)c(Nc4ccc5oc(=O)[nH]c5c4)n3)ccc2Cl)CC1. The fraction of sp³-hybridized carbons (Fsp3) is 0.292. The molecular weight excluding hydrogens is 454 g/mol. The molecule has 4 aromatic rings. The van der Waals surface area contributed by atoms with Gasteiger partial charge in [-0.15, -0.1) is 0 Å². The van der Waals surface area contributed by atoms with Crippen LogP contribution in [-0.4, -0.2) is 52.6 Å². The van der Waals surface area contributed by atoms with Crippen LogP contribution in [-0.2, 0) is 0 Å². The van der Waals surface area contributed by atoms with Crippen molar-refractivity contribution >= 4 is 51.5 Å². The summed E-state index contributed by atoms with van der Waals surface area (Å²) in [4.78, 5) is 27.9. The van der Waals surface area contributed by atoms with Crippen LogP contribution in [0.25, 0.3) is 11.1 Å². The minimum atomic E-state index is -0.480. The lowest BCUT2D eigenvalue weighted by atomic mass is 10.2. The molecule has 0 unspecified atom stereocenters. The third-order valence-corrected chi connectivity index (χ3v) is 6.34. The molecule has 3 heterocycles. The fourth-order valence-electron chi connectivity index (χ4n) is 4.06. The average molecular weight is 480 g/mol. The summed E-state index contributed by atoms with van der Waals surface area (Å²) >= 11 is 6.53. The van der Waals surface area contributed by atoms with Gasteiger partial charge in [0.25, 0.3) is 0 Å². The Morgan fingerprint density at radius 1 is 1.09 bits per heavy atom. The summed E-state index contributed by atoms with van der Waals surface area (Å²) < 4.78 is 5.07. The molecule has 0 atom stereocenters. The molecule has 1 aliphatic heterocycles. The predicted molar refractivity (Wildman–Crippen MR) is 136 cm³/mol. The number of oxazole rings is 1.